The van der Waals surface area contributed by atoms with E-state index in [-0.39, 0.29) is 17.9 Å². The van der Waals surface area contributed by atoms with Gasteiger partial charge < -0.3 is 10.0 Å². The fourth-order valence-electron chi connectivity index (χ4n) is 3.64. The summed E-state index contributed by atoms with van der Waals surface area (Å²) in [5, 5.41) is 9.99. The van der Waals surface area contributed by atoms with Crippen molar-refractivity contribution >= 4 is 5.91 Å². The Balaban J connectivity index is 1.58. The van der Waals surface area contributed by atoms with E-state index in [2.05, 4.69) is 31.2 Å². The van der Waals surface area contributed by atoms with Gasteiger partial charge in [-0.25, -0.2) is 0 Å². The zero-order valence-corrected chi connectivity index (χ0v) is 14.9. The molecule has 1 aliphatic rings. The summed E-state index contributed by atoms with van der Waals surface area (Å²) in [7, 11) is 0. The lowest BCUT2D eigenvalue weighted by Crippen LogP contribution is -2.46. The molecule has 132 valence electrons. The number of piperidine rings is 1. The molecule has 3 rings (SSSR count). The number of aliphatic hydroxyl groups excluding tert-OH is 1. The van der Waals surface area contributed by atoms with Crippen LogP contribution in [0.25, 0.3) is 0 Å². The van der Waals surface area contributed by atoms with Gasteiger partial charge in [0.1, 0.15) is 0 Å². The Kier molecular flexibility index (Phi) is 5.54. The molecule has 3 heteroatoms. The second-order valence-corrected chi connectivity index (χ2v) is 7.36. The molecule has 3 nitrogen and oxygen atoms in total. The quantitative estimate of drug-likeness (QED) is 0.909. The third-order valence-electron chi connectivity index (χ3n) is 5.41. The predicted molar refractivity (Wildman–Crippen MR) is 100 cm³/mol. The maximum absolute atomic E-state index is 12.6. The molecule has 0 spiro atoms. The molecule has 0 saturated carbocycles. The van der Waals surface area contributed by atoms with Gasteiger partial charge in [-0.15, -0.1) is 0 Å². The van der Waals surface area contributed by atoms with Gasteiger partial charge in [-0.2, -0.15) is 0 Å². The van der Waals surface area contributed by atoms with E-state index in [9.17, 15) is 9.90 Å². The van der Waals surface area contributed by atoms with Crippen LogP contribution in [0.15, 0.2) is 54.6 Å². The number of carbonyl (C=O) groups excluding carboxylic acids is 1. The van der Waals surface area contributed by atoms with E-state index in [1.807, 2.05) is 35.2 Å². The van der Waals surface area contributed by atoms with E-state index < -0.39 is 0 Å². The maximum Gasteiger partial charge on any atom is 0.226 e. The Morgan fingerprint density at radius 1 is 1.00 bits per heavy atom. The van der Waals surface area contributed by atoms with Crippen LogP contribution in [0.4, 0.5) is 0 Å². The average molecular weight is 337 g/mol. The highest BCUT2D eigenvalue weighted by molar-refractivity contribution is 5.78. The van der Waals surface area contributed by atoms with Gasteiger partial charge in [-0.05, 0) is 37.3 Å². The first-order valence-corrected chi connectivity index (χ1v) is 9.08. The molecule has 0 aromatic heterocycles. The molecule has 0 radical (unpaired) electrons. The number of hydrogen-bond acceptors (Lipinski definition) is 2. The van der Waals surface area contributed by atoms with Crippen molar-refractivity contribution in [2.24, 2.45) is 5.41 Å². The van der Waals surface area contributed by atoms with E-state index in [0.29, 0.717) is 6.42 Å². The Labute approximate surface area is 150 Å². The number of amides is 1. The highest BCUT2D eigenvalue weighted by atomic mass is 16.3. The molecule has 0 atom stereocenters. The van der Waals surface area contributed by atoms with Crippen molar-refractivity contribution in [1.29, 1.82) is 0 Å². The van der Waals surface area contributed by atoms with E-state index in [4.69, 9.17) is 0 Å². The second-order valence-electron chi connectivity index (χ2n) is 7.36. The van der Waals surface area contributed by atoms with Crippen molar-refractivity contribution in [2.75, 3.05) is 19.7 Å². The predicted octanol–water partition coefficient (Wildman–Crippen LogP) is 3.38. The van der Waals surface area contributed by atoms with Crippen molar-refractivity contribution in [2.45, 2.75) is 32.6 Å². The molecule has 1 amide bonds. The lowest BCUT2D eigenvalue weighted by molar-refractivity contribution is -0.133. The molecule has 2 aromatic rings. The van der Waals surface area contributed by atoms with Crippen LogP contribution >= 0.6 is 0 Å². The van der Waals surface area contributed by atoms with Crippen molar-refractivity contribution in [1.82, 2.24) is 4.90 Å². The van der Waals surface area contributed by atoms with Crippen molar-refractivity contribution < 1.29 is 9.90 Å². The van der Waals surface area contributed by atoms with E-state index in [1.54, 1.807) is 0 Å². The van der Waals surface area contributed by atoms with Crippen molar-refractivity contribution in [3.63, 3.8) is 0 Å². The van der Waals surface area contributed by atoms with Gasteiger partial charge in [0.2, 0.25) is 5.91 Å². The fraction of sp³-hybridized carbons (Fsp3) is 0.409. The molecule has 25 heavy (non-hydrogen) atoms. The summed E-state index contributed by atoms with van der Waals surface area (Å²) in [6.45, 7) is 3.70. The van der Waals surface area contributed by atoms with Gasteiger partial charge in [0.25, 0.3) is 0 Å². The molecule has 1 aliphatic heterocycles. The number of hydrogen-bond donors (Lipinski definition) is 1. The molecule has 1 fully saturated rings. The number of carbonyl (C=O) groups is 1. The Hall–Kier alpha value is -2.13. The summed E-state index contributed by atoms with van der Waals surface area (Å²) in [5.41, 5.74) is 3.44. The highest BCUT2D eigenvalue weighted by Crippen LogP contribution is 2.35. The minimum atomic E-state index is -0.0952. The third-order valence-corrected chi connectivity index (χ3v) is 5.41. The van der Waals surface area contributed by atoms with E-state index in [1.165, 1.54) is 11.1 Å². The molecule has 2 aromatic carbocycles. The Bertz CT molecular complexity index is 686. The van der Waals surface area contributed by atoms with Gasteiger partial charge in [-0.1, -0.05) is 60.2 Å². The Morgan fingerprint density at radius 3 is 2.24 bits per heavy atom. The number of aryl methyl sites for hydroxylation is 1. The first-order chi connectivity index (χ1) is 12.1. The lowest BCUT2D eigenvalue weighted by Gasteiger charge is -2.41. The standard InChI is InChI=1S/C22H27NO2/c1-18-7-9-19(10-8-18)15-21(25)23-13-11-22(17-24,12-14-23)16-20-5-3-2-4-6-20/h2-10,24H,11-17H2,1H3. The van der Waals surface area contributed by atoms with Crippen LogP contribution in [0.2, 0.25) is 0 Å². The zero-order valence-electron chi connectivity index (χ0n) is 14.9. The zero-order chi connectivity index (χ0) is 17.7. The maximum atomic E-state index is 12.6. The number of benzene rings is 2. The molecule has 1 N–H and O–H groups in total. The monoisotopic (exact) mass is 337 g/mol. The summed E-state index contributed by atoms with van der Waals surface area (Å²) in [4.78, 5) is 14.5. The van der Waals surface area contributed by atoms with Gasteiger partial charge in [0.05, 0.1) is 6.42 Å². The second kappa shape index (κ2) is 7.83. The van der Waals surface area contributed by atoms with Crippen LogP contribution in [0.5, 0.6) is 0 Å². The smallest absolute Gasteiger partial charge is 0.226 e. The molecular formula is C22H27NO2. The minimum absolute atomic E-state index is 0.0952. The van der Waals surface area contributed by atoms with Crippen LogP contribution in [0.1, 0.15) is 29.5 Å². The lowest BCUT2D eigenvalue weighted by atomic mass is 9.74. The third kappa shape index (κ3) is 4.49. The van der Waals surface area contributed by atoms with E-state index in [0.717, 1.165) is 37.9 Å². The molecule has 1 saturated heterocycles. The van der Waals surface area contributed by atoms with Crippen LogP contribution < -0.4 is 0 Å². The van der Waals surface area contributed by atoms with Gasteiger partial charge in [0, 0.05) is 25.1 Å². The van der Waals surface area contributed by atoms with Crippen LogP contribution in [-0.2, 0) is 17.6 Å². The number of rotatable bonds is 5. The molecule has 0 unspecified atom stereocenters. The van der Waals surface area contributed by atoms with Gasteiger partial charge >= 0.3 is 0 Å². The SMILES string of the molecule is Cc1ccc(CC(=O)N2CCC(CO)(Cc3ccccc3)CC2)cc1. The van der Waals surface area contributed by atoms with Gasteiger partial charge in [0.15, 0.2) is 0 Å². The molecule has 1 heterocycles. The number of aliphatic hydroxyl groups is 1. The van der Waals surface area contributed by atoms with Gasteiger partial charge in [-0.3, -0.25) is 4.79 Å². The summed E-state index contributed by atoms with van der Waals surface area (Å²) in [5.74, 6) is 0.190. The average Bonchev–Trinajstić information content (AvgIpc) is 2.65. The van der Waals surface area contributed by atoms with Crippen molar-refractivity contribution in [3.8, 4) is 0 Å². The summed E-state index contributed by atoms with van der Waals surface area (Å²) >= 11 is 0. The van der Waals surface area contributed by atoms with Crippen LogP contribution in [0.3, 0.4) is 0 Å². The largest absolute Gasteiger partial charge is 0.396 e. The minimum Gasteiger partial charge on any atom is -0.396 e. The van der Waals surface area contributed by atoms with E-state index >= 15 is 0 Å². The summed E-state index contributed by atoms with van der Waals surface area (Å²) < 4.78 is 0. The summed E-state index contributed by atoms with van der Waals surface area (Å²) in [6.07, 6.45) is 3.06. The van der Waals surface area contributed by atoms with Crippen LogP contribution in [0, 0.1) is 12.3 Å². The summed E-state index contributed by atoms with van der Waals surface area (Å²) in [6, 6.07) is 18.5. The first-order valence-electron chi connectivity index (χ1n) is 9.08. The normalized spacial score (nSPS) is 16.6. The number of nitrogens with zero attached hydrogens (tertiary/aromatic N) is 1. The first kappa shape index (κ1) is 17.7. The fourth-order valence-corrected chi connectivity index (χ4v) is 3.64. The topological polar surface area (TPSA) is 40.5 Å². The molecule has 0 aliphatic carbocycles. The highest BCUT2D eigenvalue weighted by Gasteiger charge is 2.35. The van der Waals surface area contributed by atoms with Crippen molar-refractivity contribution in [3.05, 3.63) is 71.3 Å². The molecular weight excluding hydrogens is 310 g/mol. The molecule has 0 bridgehead atoms. The number of likely N-dealkylation sites (tertiary alicyclic amines) is 1. The Morgan fingerprint density at radius 2 is 1.64 bits per heavy atom. The van der Waals surface area contributed by atoms with Crippen LogP contribution in [-0.4, -0.2) is 35.6 Å².